The third-order valence-electron chi connectivity index (χ3n) is 3.23. The summed E-state index contributed by atoms with van der Waals surface area (Å²) < 4.78 is 12.2. The normalized spacial score (nSPS) is 11.9. The summed E-state index contributed by atoms with van der Waals surface area (Å²) in [6.45, 7) is 3.39. The maximum Gasteiger partial charge on any atom is 0.351 e. The number of ether oxygens (including phenoxy) is 2. The molecule has 8 nitrogen and oxygen atoms in total. The Labute approximate surface area is 152 Å². The standard InChI is InChI=1S/C15H15Cl2N3O5/c1-4-24-14(22)8(2)25-12-6-11(9(16)5-10(12)17)20-15(23)19(3)13(21)7-18-20/h5-8H,4H2,1-3H3. The summed E-state index contributed by atoms with van der Waals surface area (Å²) in [5.74, 6) is -0.448. The summed E-state index contributed by atoms with van der Waals surface area (Å²) in [5, 5.41) is 4.04. The molecule has 2 rings (SSSR count). The molecule has 1 heterocycles. The van der Waals surface area contributed by atoms with E-state index in [0.29, 0.717) is 0 Å². The van der Waals surface area contributed by atoms with Crippen LogP contribution in [0, 0.1) is 0 Å². The lowest BCUT2D eigenvalue weighted by atomic mass is 10.3. The van der Waals surface area contributed by atoms with Crippen LogP contribution in [0.5, 0.6) is 5.75 Å². The zero-order valence-corrected chi connectivity index (χ0v) is 15.2. The average Bonchev–Trinajstić information content (AvgIpc) is 2.56. The molecule has 10 heteroatoms. The van der Waals surface area contributed by atoms with Gasteiger partial charge in [-0.3, -0.25) is 9.36 Å². The highest BCUT2D eigenvalue weighted by Gasteiger charge is 2.20. The van der Waals surface area contributed by atoms with Gasteiger partial charge in [-0.25, -0.2) is 9.59 Å². The largest absolute Gasteiger partial charge is 0.477 e. The maximum absolute atomic E-state index is 12.2. The first-order valence-corrected chi connectivity index (χ1v) is 8.00. The minimum atomic E-state index is -0.920. The number of carbonyl (C=O) groups excluding carboxylic acids is 1. The lowest BCUT2D eigenvalue weighted by Gasteiger charge is -2.16. The van der Waals surface area contributed by atoms with E-state index in [-0.39, 0.29) is 28.1 Å². The molecule has 1 atom stereocenters. The van der Waals surface area contributed by atoms with Crippen molar-refractivity contribution in [3.8, 4) is 11.4 Å². The zero-order chi connectivity index (χ0) is 18.7. The number of halogens is 2. The summed E-state index contributed by atoms with van der Waals surface area (Å²) in [4.78, 5) is 35.4. The summed E-state index contributed by atoms with van der Waals surface area (Å²) in [7, 11) is 1.31. The Bertz CT molecular complexity index is 922. The van der Waals surface area contributed by atoms with Gasteiger partial charge in [-0.1, -0.05) is 23.2 Å². The van der Waals surface area contributed by atoms with Crippen molar-refractivity contribution in [2.75, 3.05) is 6.61 Å². The molecule has 0 saturated carbocycles. The molecule has 0 aliphatic carbocycles. The van der Waals surface area contributed by atoms with E-state index in [9.17, 15) is 14.4 Å². The number of rotatable bonds is 5. The number of hydrogen-bond donors (Lipinski definition) is 0. The Balaban J connectivity index is 2.49. The van der Waals surface area contributed by atoms with E-state index in [0.717, 1.165) is 15.4 Å². The van der Waals surface area contributed by atoms with Crippen LogP contribution >= 0.6 is 23.2 Å². The third kappa shape index (κ3) is 4.02. The van der Waals surface area contributed by atoms with Crippen molar-refractivity contribution in [1.29, 1.82) is 0 Å². The van der Waals surface area contributed by atoms with E-state index < -0.39 is 23.3 Å². The predicted molar refractivity (Wildman–Crippen MR) is 91.8 cm³/mol. The molecule has 0 bridgehead atoms. The highest BCUT2D eigenvalue weighted by atomic mass is 35.5. The van der Waals surface area contributed by atoms with Crippen LogP contribution in [0.2, 0.25) is 10.0 Å². The summed E-state index contributed by atoms with van der Waals surface area (Å²) in [5.41, 5.74) is -1.10. The van der Waals surface area contributed by atoms with Crippen molar-refractivity contribution >= 4 is 29.2 Å². The average molecular weight is 388 g/mol. The second-order valence-corrected chi connectivity index (χ2v) is 5.80. The topological polar surface area (TPSA) is 92.4 Å². The van der Waals surface area contributed by atoms with Gasteiger partial charge in [-0.15, -0.1) is 0 Å². The smallest absolute Gasteiger partial charge is 0.351 e. The van der Waals surface area contributed by atoms with Crippen LogP contribution in [0.1, 0.15) is 13.8 Å². The van der Waals surface area contributed by atoms with Crippen LogP contribution in [-0.2, 0) is 16.6 Å². The zero-order valence-electron chi connectivity index (χ0n) is 13.7. The number of carbonyl (C=O) groups is 1. The highest BCUT2D eigenvalue weighted by Crippen LogP contribution is 2.33. The predicted octanol–water partition coefficient (Wildman–Crippen LogP) is 1.57. The van der Waals surface area contributed by atoms with Gasteiger partial charge in [0.05, 0.1) is 22.3 Å². The lowest BCUT2D eigenvalue weighted by molar-refractivity contribution is -0.150. The van der Waals surface area contributed by atoms with Gasteiger partial charge >= 0.3 is 11.7 Å². The van der Waals surface area contributed by atoms with Gasteiger partial charge in [0.15, 0.2) is 6.10 Å². The van der Waals surface area contributed by atoms with Crippen molar-refractivity contribution in [3.63, 3.8) is 0 Å². The molecule has 0 radical (unpaired) electrons. The molecule has 0 N–H and O–H groups in total. The summed E-state index contributed by atoms with van der Waals surface area (Å²) in [6.07, 6.45) is 0.0602. The Morgan fingerprint density at radius 2 is 1.96 bits per heavy atom. The minimum absolute atomic E-state index is 0.115. The third-order valence-corrected chi connectivity index (χ3v) is 3.83. The number of esters is 1. The summed E-state index contributed by atoms with van der Waals surface area (Å²) >= 11 is 12.2. The van der Waals surface area contributed by atoms with Crippen LogP contribution in [0.3, 0.4) is 0 Å². The first-order chi connectivity index (χ1) is 11.8. The van der Waals surface area contributed by atoms with Crippen LogP contribution < -0.4 is 16.0 Å². The van der Waals surface area contributed by atoms with Gasteiger partial charge < -0.3 is 9.47 Å². The monoisotopic (exact) mass is 387 g/mol. The molecule has 0 amide bonds. The molecule has 0 fully saturated rings. The SMILES string of the molecule is CCOC(=O)C(C)Oc1cc(-n2ncc(=O)n(C)c2=O)c(Cl)cc1Cl. The number of nitrogens with zero attached hydrogens (tertiary/aromatic N) is 3. The highest BCUT2D eigenvalue weighted by molar-refractivity contribution is 6.36. The van der Waals surface area contributed by atoms with E-state index in [1.54, 1.807) is 6.92 Å². The van der Waals surface area contributed by atoms with Crippen LogP contribution in [0.4, 0.5) is 0 Å². The van der Waals surface area contributed by atoms with Crippen molar-refractivity contribution in [3.05, 3.63) is 49.2 Å². The van der Waals surface area contributed by atoms with E-state index >= 15 is 0 Å². The number of aromatic nitrogens is 3. The fourth-order valence-corrected chi connectivity index (χ4v) is 2.42. The lowest BCUT2D eigenvalue weighted by Crippen LogP contribution is -2.38. The fourth-order valence-electron chi connectivity index (χ4n) is 1.91. The van der Waals surface area contributed by atoms with E-state index in [4.69, 9.17) is 32.7 Å². The molecular formula is C15H15Cl2N3O5. The Morgan fingerprint density at radius 1 is 1.28 bits per heavy atom. The van der Waals surface area contributed by atoms with Gasteiger partial charge in [0.2, 0.25) is 0 Å². The molecule has 0 aliphatic heterocycles. The molecule has 1 aromatic carbocycles. The molecule has 0 aliphatic rings. The minimum Gasteiger partial charge on any atom is -0.477 e. The Kier molecular flexibility index (Phi) is 5.86. The maximum atomic E-state index is 12.2. The number of benzene rings is 1. The van der Waals surface area contributed by atoms with Crippen LogP contribution in [0.25, 0.3) is 5.69 Å². The Morgan fingerprint density at radius 3 is 2.60 bits per heavy atom. The molecule has 134 valence electrons. The summed E-state index contributed by atoms with van der Waals surface area (Å²) in [6, 6.07) is 2.71. The van der Waals surface area contributed by atoms with Gasteiger partial charge in [0.1, 0.15) is 11.9 Å². The van der Waals surface area contributed by atoms with Crippen LogP contribution in [-0.4, -0.2) is 33.0 Å². The van der Waals surface area contributed by atoms with Gasteiger partial charge in [0.25, 0.3) is 5.56 Å². The van der Waals surface area contributed by atoms with Gasteiger partial charge in [-0.2, -0.15) is 9.78 Å². The van der Waals surface area contributed by atoms with Crippen molar-refractivity contribution < 1.29 is 14.3 Å². The van der Waals surface area contributed by atoms with Gasteiger partial charge in [0, 0.05) is 13.1 Å². The second-order valence-electron chi connectivity index (χ2n) is 4.98. The fraction of sp³-hybridized carbons (Fsp3) is 0.333. The first-order valence-electron chi connectivity index (χ1n) is 7.24. The molecule has 1 unspecified atom stereocenters. The molecular weight excluding hydrogens is 373 g/mol. The second kappa shape index (κ2) is 7.71. The Hall–Kier alpha value is -2.32. The number of hydrogen-bond acceptors (Lipinski definition) is 6. The molecule has 0 spiro atoms. The van der Waals surface area contributed by atoms with Crippen LogP contribution in [0.15, 0.2) is 27.9 Å². The van der Waals surface area contributed by atoms with Crippen molar-refractivity contribution in [2.24, 2.45) is 7.05 Å². The molecule has 2 aromatic rings. The quantitative estimate of drug-likeness (QED) is 0.722. The van der Waals surface area contributed by atoms with Crippen molar-refractivity contribution in [2.45, 2.75) is 20.0 Å². The van der Waals surface area contributed by atoms with Gasteiger partial charge in [-0.05, 0) is 19.9 Å². The van der Waals surface area contributed by atoms with E-state index in [2.05, 4.69) is 5.10 Å². The first kappa shape index (κ1) is 19.0. The molecule has 0 saturated heterocycles. The molecule has 1 aromatic heterocycles. The molecule has 25 heavy (non-hydrogen) atoms. The van der Waals surface area contributed by atoms with E-state index in [1.165, 1.54) is 26.1 Å². The van der Waals surface area contributed by atoms with E-state index in [1.807, 2.05) is 0 Å². The van der Waals surface area contributed by atoms with Crippen molar-refractivity contribution in [1.82, 2.24) is 14.3 Å².